The van der Waals surface area contributed by atoms with Crippen molar-refractivity contribution in [2.24, 2.45) is 5.73 Å². The molecule has 8 heteroatoms. The van der Waals surface area contributed by atoms with Crippen LogP contribution in [0.1, 0.15) is 17.0 Å². The largest absolute Gasteiger partial charge is 0.497 e. The summed E-state index contributed by atoms with van der Waals surface area (Å²) in [6.45, 7) is 0. The summed E-state index contributed by atoms with van der Waals surface area (Å²) >= 11 is 0. The quantitative estimate of drug-likeness (QED) is 0.532. The molecule has 5 rings (SSSR count). The van der Waals surface area contributed by atoms with Crippen LogP contribution in [0.5, 0.6) is 11.6 Å². The van der Waals surface area contributed by atoms with E-state index in [1.54, 1.807) is 19.6 Å². The van der Waals surface area contributed by atoms with Crippen LogP contribution in [-0.4, -0.2) is 26.9 Å². The fourth-order valence-electron chi connectivity index (χ4n) is 3.80. The molecule has 152 valence electrons. The number of allylic oxidation sites excluding steroid dienone is 1. The van der Waals surface area contributed by atoms with Gasteiger partial charge in [-0.15, -0.1) is 0 Å². The van der Waals surface area contributed by atoms with Crippen molar-refractivity contribution in [1.82, 2.24) is 19.7 Å². The van der Waals surface area contributed by atoms with Crippen molar-refractivity contribution in [3.05, 3.63) is 89.8 Å². The van der Waals surface area contributed by atoms with E-state index in [-0.39, 0.29) is 5.88 Å². The van der Waals surface area contributed by atoms with Crippen molar-refractivity contribution < 1.29 is 9.47 Å². The van der Waals surface area contributed by atoms with Crippen LogP contribution in [0.25, 0.3) is 16.9 Å². The third-order valence-electron chi connectivity index (χ3n) is 5.34. The lowest BCUT2D eigenvalue weighted by molar-refractivity contribution is 0.379. The lowest BCUT2D eigenvalue weighted by Crippen LogP contribution is -2.21. The Bertz CT molecular complexity index is 1300. The number of nitrogens with zero attached hydrogens (tertiary/aromatic N) is 4. The first-order valence-electron chi connectivity index (χ1n) is 9.58. The minimum absolute atomic E-state index is 0.0728. The molecule has 2 aromatic heterocycles. The number of aromatic amines is 1. The molecule has 0 saturated carbocycles. The molecule has 0 fully saturated rings. The summed E-state index contributed by atoms with van der Waals surface area (Å²) in [4.78, 5) is 4.08. The van der Waals surface area contributed by atoms with E-state index in [2.05, 4.69) is 21.3 Å². The zero-order valence-electron chi connectivity index (χ0n) is 16.6. The Balaban J connectivity index is 1.63. The zero-order chi connectivity index (χ0) is 21.4. The van der Waals surface area contributed by atoms with Crippen LogP contribution < -0.4 is 15.2 Å². The molecule has 1 aliphatic rings. The molecule has 8 nitrogen and oxygen atoms in total. The molecule has 0 saturated heterocycles. The molecule has 2 aromatic carbocycles. The summed E-state index contributed by atoms with van der Waals surface area (Å²) in [5.41, 5.74) is 10.6. The van der Waals surface area contributed by atoms with Crippen LogP contribution in [-0.2, 0) is 0 Å². The molecule has 1 atom stereocenters. The Morgan fingerprint density at radius 1 is 1.16 bits per heavy atom. The molecule has 1 unspecified atom stereocenters. The molecular weight excluding hydrogens is 392 g/mol. The maximum absolute atomic E-state index is 9.86. The Labute approximate surface area is 178 Å². The van der Waals surface area contributed by atoms with Gasteiger partial charge in [0.05, 0.1) is 24.9 Å². The second-order valence-electron chi connectivity index (χ2n) is 7.03. The van der Waals surface area contributed by atoms with Gasteiger partial charge in [-0.2, -0.15) is 10.4 Å². The maximum Gasteiger partial charge on any atom is 0.222 e. The fourth-order valence-corrected chi connectivity index (χ4v) is 3.80. The minimum atomic E-state index is -0.415. The molecule has 1 aliphatic heterocycles. The normalized spacial score (nSPS) is 15.2. The SMILES string of the molecule is COc1ccc(-c2n[nH]c3c2C(c2ccc(-n4ccnc4)cc2)C(C#N)=C(N)O3)cc1. The number of nitrogens with two attached hydrogens (primary N) is 1. The monoisotopic (exact) mass is 410 g/mol. The number of nitrogens with one attached hydrogen (secondary N) is 1. The van der Waals surface area contributed by atoms with Gasteiger partial charge in [0, 0.05) is 23.6 Å². The fraction of sp³-hybridized carbons (Fsp3) is 0.0870. The molecule has 0 amide bonds. The Hall–Kier alpha value is -4.51. The van der Waals surface area contributed by atoms with Gasteiger partial charge in [0.15, 0.2) is 0 Å². The molecule has 4 aromatic rings. The first-order valence-corrected chi connectivity index (χ1v) is 9.58. The second-order valence-corrected chi connectivity index (χ2v) is 7.03. The molecular formula is C23H18N6O2. The number of hydrogen-bond acceptors (Lipinski definition) is 6. The number of hydrogen-bond donors (Lipinski definition) is 2. The van der Waals surface area contributed by atoms with E-state index < -0.39 is 5.92 Å². The number of nitriles is 1. The first kappa shape index (κ1) is 18.5. The lowest BCUT2D eigenvalue weighted by Gasteiger charge is -2.24. The molecule has 3 heterocycles. The van der Waals surface area contributed by atoms with Gasteiger partial charge in [-0.3, -0.25) is 0 Å². The van der Waals surface area contributed by atoms with Gasteiger partial charge in [-0.05, 0) is 42.0 Å². The van der Waals surface area contributed by atoms with Crippen LogP contribution in [0.3, 0.4) is 0 Å². The van der Waals surface area contributed by atoms with Gasteiger partial charge in [-0.25, -0.2) is 10.1 Å². The van der Waals surface area contributed by atoms with Crippen molar-refractivity contribution in [2.75, 3.05) is 7.11 Å². The van der Waals surface area contributed by atoms with E-state index >= 15 is 0 Å². The molecule has 0 radical (unpaired) electrons. The summed E-state index contributed by atoms with van der Waals surface area (Å²) in [5.74, 6) is 0.842. The number of rotatable bonds is 4. The third-order valence-corrected chi connectivity index (χ3v) is 5.34. The first-order chi connectivity index (χ1) is 15.2. The van der Waals surface area contributed by atoms with Gasteiger partial charge in [0.1, 0.15) is 23.1 Å². The predicted octanol–water partition coefficient (Wildman–Crippen LogP) is 3.49. The Morgan fingerprint density at radius 3 is 2.58 bits per heavy atom. The van der Waals surface area contributed by atoms with E-state index in [0.717, 1.165) is 28.1 Å². The standard InChI is InChI=1S/C23H18N6O2/c1-30-17-8-4-15(5-9-17)21-20-19(18(12-24)22(25)31-23(20)28-27-21)14-2-6-16(7-3-14)29-11-10-26-13-29/h2-11,13,19H,25H2,1H3,(H,27,28). The number of aromatic nitrogens is 4. The summed E-state index contributed by atoms with van der Waals surface area (Å²) < 4.78 is 12.9. The van der Waals surface area contributed by atoms with E-state index in [1.165, 1.54) is 0 Å². The van der Waals surface area contributed by atoms with Crippen molar-refractivity contribution >= 4 is 0 Å². The molecule has 0 spiro atoms. The Kier molecular flexibility index (Phi) is 4.41. The summed E-state index contributed by atoms with van der Waals surface area (Å²) in [5, 5.41) is 17.3. The van der Waals surface area contributed by atoms with E-state index in [9.17, 15) is 5.26 Å². The van der Waals surface area contributed by atoms with Crippen LogP contribution in [0, 0.1) is 11.3 Å². The van der Waals surface area contributed by atoms with Gasteiger partial charge in [0.25, 0.3) is 0 Å². The maximum atomic E-state index is 9.86. The molecule has 0 aliphatic carbocycles. The zero-order valence-corrected chi connectivity index (χ0v) is 16.6. The second kappa shape index (κ2) is 7.39. The Morgan fingerprint density at radius 2 is 1.94 bits per heavy atom. The third kappa shape index (κ3) is 3.09. The van der Waals surface area contributed by atoms with Crippen molar-refractivity contribution in [1.29, 1.82) is 5.26 Å². The summed E-state index contributed by atoms with van der Waals surface area (Å²) in [7, 11) is 1.62. The number of H-pyrrole nitrogens is 1. The molecule has 3 N–H and O–H groups in total. The van der Waals surface area contributed by atoms with Crippen LogP contribution in [0.2, 0.25) is 0 Å². The van der Waals surface area contributed by atoms with Gasteiger partial charge in [0.2, 0.25) is 11.8 Å². The number of ether oxygens (including phenoxy) is 2. The average molecular weight is 410 g/mol. The minimum Gasteiger partial charge on any atom is -0.497 e. The number of fused-ring (bicyclic) bond motifs is 1. The van der Waals surface area contributed by atoms with Gasteiger partial charge in [-0.1, -0.05) is 12.1 Å². The predicted molar refractivity (Wildman–Crippen MR) is 113 cm³/mol. The van der Waals surface area contributed by atoms with E-state index in [4.69, 9.17) is 15.2 Å². The van der Waals surface area contributed by atoms with Gasteiger partial charge >= 0.3 is 0 Å². The van der Waals surface area contributed by atoms with Crippen LogP contribution in [0.4, 0.5) is 0 Å². The van der Waals surface area contributed by atoms with E-state index in [0.29, 0.717) is 17.1 Å². The molecule has 31 heavy (non-hydrogen) atoms. The average Bonchev–Trinajstić information content (AvgIpc) is 3.49. The lowest BCUT2D eigenvalue weighted by atomic mass is 9.83. The summed E-state index contributed by atoms with van der Waals surface area (Å²) in [6.07, 6.45) is 5.33. The molecule has 0 bridgehead atoms. The van der Waals surface area contributed by atoms with Crippen LogP contribution in [0.15, 0.2) is 78.7 Å². The number of imidazole rings is 1. The van der Waals surface area contributed by atoms with Crippen LogP contribution >= 0.6 is 0 Å². The number of methoxy groups -OCH3 is 1. The van der Waals surface area contributed by atoms with E-state index in [1.807, 2.05) is 59.3 Å². The summed E-state index contributed by atoms with van der Waals surface area (Å²) in [6, 6.07) is 17.7. The highest BCUT2D eigenvalue weighted by Gasteiger charge is 2.35. The highest BCUT2D eigenvalue weighted by molar-refractivity contribution is 5.71. The van der Waals surface area contributed by atoms with Gasteiger partial charge < -0.3 is 19.8 Å². The smallest absolute Gasteiger partial charge is 0.222 e. The highest BCUT2D eigenvalue weighted by atomic mass is 16.5. The van der Waals surface area contributed by atoms with Crippen molar-refractivity contribution in [3.63, 3.8) is 0 Å². The number of benzene rings is 2. The highest BCUT2D eigenvalue weighted by Crippen LogP contribution is 2.45. The topological polar surface area (TPSA) is 115 Å². The van der Waals surface area contributed by atoms with Crippen molar-refractivity contribution in [2.45, 2.75) is 5.92 Å². The van der Waals surface area contributed by atoms with Crippen molar-refractivity contribution in [3.8, 4) is 34.6 Å².